The molecule has 26 heavy (non-hydrogen) atoms. The summed E-state index contributed by atoms with van der Waals surface area (Å²) in [5, 5.41) is 0. The van der Waals surface area contributed by atoms with Gasteiger partial charge in [0.1, 0.15) is 5.69 Å². The van der Waals surface area contributed by atoms with Gasteiger partial charge in [-0.05, 0) is 34.1 Å². The Balaban J connectivity index is 3.48. The maximum Gasteiger partial charge on any atom is 0.471 e. The van der Waals surface area contributed by atoms with Gasteiger partial charge in [0.25, 0.3) is 0 Å². The lowest BCUT2D eigenvalue weighted by Gasteiger charge is -2.28. The molecule has 6 nitrogen and oxygen atoms in total. The monoisotopic (exact) mass is 373 g/mol. The zero-order valence-electron chi connectivity index (χ0n) is 15.8. The summed E-state index contributed by atoms with van der Waals surface area (Å²) in [4.78, 5) is 27.1. The molecule has 0 aliphatic carbocycles. The molecule has 0 aliphatic rings. The molecule has 1 heterocycles. The molecule has 146 valence electrons. The number of unbranched alkanes of at least 4 members (excludes halogenated alkanes) is 1. The number of hydrogen-bond acceptors (Lipinski definition) is 5. The number of alkyl halides is 3. The molecule has 0 unspecified atom stereocenters. The van der Waals surface area contributed by atoms with Crippen LogP contribution in [0, 0.1) is 0 Å². The Morgan fingerprint density at radius 3 is 2.35 bits per heavy atom. The zero-order valence-corrected chi connectivity index (χ0v) is 15.8. The van der Waals surface area contributed by atoms with Crippen LogP contribution in [0.3, 0.4) is 0 Å². The van der Waals surface area contributed by atoms with Crippen molar-refractivity contribution in [2.24, 2.45) is 4.99 Å². The smallest absolute Gasteiger partial charge is 0.341 e. The average Bonchev–Trinajstić information content (AvgIpc) is 2.56. The van der Waals surface area contributed by atoms with Crippen LogP contribution in [0.5, 0.6) is 0 Å². The van der Waals surface area contributed by atoms with Crippen molar-refractivity contribution in [1.29, 1.82) is 0 Å². The van der Waals surface area contributed by atoms with Crippen LogP contribution in [-0.4, -0.2) is 47.4 Å². The van der Waals surface area contributed by atoms with Crippen LogP contribution in [0.1, 0.15) is 47.5 Å². The third kappa shape index (κ3) is 5.40. The van der Waals surface area contributed by atoms with Crippen molar-refractivity contribution in [2.75, 3.05) is 22.9 Å². The van der Waals surface area contributed by atoms with Gasteiger partial charge in [-0.15, -0.1) is 0 Å². The Morgan fingerprint density at radius 1 is 1.27 bits per heavy atom. The standard InChI is InChI=1S/C17H26F3N5O/c1-6-9-10-21-14-13(11-22-16(23-14)24(7-2)8-3)25(12(4)5)15(26)17(18,19)20/h10-12H,6-9H2,1-5H3. The van der Waals surface area contributed by atoms with Crippen molar-refractivity contribution in [2.45, 2.75) is 59.7 Å². The van der Waals surface area contributed by atoms with E-state index in [-0.39, 0.29) is 11.5 Å². The van der Waals surface area contributed by atoms with Crippen LogP contribution in [0.2, 0.25) is 0 Å². The van der Waals surface area contributed by atoms with E-state index < -0.39 is 18.1 Å². The minimum absolute atomic E-state index is 0.0504. The molecule has 0 aromatic carbocycles. The molecule has 9 heteroatoms. The molecule has 0 spiro atoms. The van der Waals surface area contributed by atoms with Crippen LogP contribution in [-0.2, 0) is 4.79 Å². The Morgan fingerprint density at radius 2 is 1.88 bits per heavy atom. The molecule has 0 saturated heterocycles. The molecule has 0 N–H and O–H groups in total. The van der Waals surface area contributed by atoms with Crippen molar-refractivity contribution < 1.29 is 18.0 Å². The van der Waals surface area contributed by atoms with Crippen LogP contribution in [0.15, 0.2) is 11.2 Å². The number of amides is 1. The lowest BCUT2D eigenvalue weighted by molar-refractivity contribution is -0.170. The lowest BCUT2D eigenvalue weighted by Crippen LogP contribution is -2.45. The summed E-state index contributed by atoms with van der Waals surface area (Å²) >= 11 is 0. The fraction of sp³-hybridized carbons (Fsp3) is 0.647. The summed E-state index contributed by atoms with van der Waals surface area (Å²) in [6.45, 7) is 10.1. The largest absolute Gasteiger partial charge is 0.471 e. The maximum atomic E-state index is 13.0. The molecule has 1 aromatic rings. The van der Waals surface area contributed by atoms with Gasteiger partial charge in [0.2, 0.25) is 5.95 Å². The summed E-state index contributed by atoms with van der Waals surface area (Å²) in [7, 11) is 0. The molecule has 0 bridgehead atoms. The molecule has 1 rings (SSSR count). The molecular formula is C17H26F3N5O. The highest BCUT2D eigenvalue weighted by molar-refractivity contribution is 5.99. The van der Waals surface area contributed by atoms with Gasteiger partial charge in [-0.1, -0.05) is 13.3 Å². The summed E-state index contributed by atoms with van der Waals surface area (Å²) in [5.74, 6) is -1.54. The van der Waals surface area contributed by atoms with Crippen molar-refractivity contribution in [3.8, 4) is 0 Å². The first kappa shape index (κ1) is 21.9. The van der Waals surface area contributed by atoms with Gasteiger partial charge in [0.05, 0.1) is 6.20 Å². The summed E-state index contributed by atoms with van der Waals surface area (Å²) in [6.07, 6.45) is -0.676. The first-order valence-corrected chi connectivity index (χ1v) is 8.72. The van der Waals surface area contributed by atoms with E-state index in [0.29, 0.717) is 30.4 Å². The average molecular weight is 373 g/mol. The number of halogens is 3. The van der Waals surface area contributed by atoms with Gasteiger partial charge < -0.3 is 4.90 Å². The number of nitrogens with zero attached hydrogens (tertiary/aromatic N) is 5. The predicted octanol–water partition coefficient (Wildman–Crippen LogP) is 4.13. The number of hydrogen-bond donors (Lipinski definition) is 0. The SMILES string of the molecule is CCCC=Nc1nc(N(CC)CC)ncc1N(C(=O)C(F)(F)F)C(C)C. The minimum atomic E-state index is -4.99. The highest BCUT2D eigenvalue weighted by Crippen LogP contribution is 2.32. The van der Waals surface area contributed by atoms with E-state index in [1.807, 2.05) is 25.7 Å². The van der Waals surface area contributed by atoms with E-state index in [1.54, 1.807) is 6.21 Å². The summed E-state index contributed by atoms with van der Waals surface area (Å²) in [6, 6.07) is -0.729. The maximum absolute atomic E-state index is 13.0. The second-order valence-electron chi connectivity index (χ2n) is 5.92. The van der Waals surface area contributed by atoms with Gasteiger partial charge >= 0.3 is 12.1 Å². The fourth-order valence-electron chi connectivity index (χ4n) is 2.32. The topological polar surface area (TPSA) is 61.7 Å². The Bertz CT molecular complexity index is 627. The van der Waals surface area contributed by atoms with Gasteiger partial charge in [-0.25, -0.2) is 9.98 Å². The van der Waals surface area contributed by atoms with Gasteiger partial charge in [0, 0.05) is 25.3 Å². The molecule has 0 saturated carbocycles. The highest BCUT2D eigenvalue weighted by atomic mass is 19.4. The zero-order chi connectivity index (χ0) is 19.9. The molecule has 0 radical (unpaired) electrons. The molecule has 0 atom stereocenters. The quantitative estimate of drug-likeness (QED) is 0.643. The number of carbonyl (C=O) groups excluding carboxylic acids is 1. The minimum Gasteiger partial charge on any atom is -0.341 e. The summed E-state index contributed by atoms with van der Waals surface area (Å²) in [5.41, 5.74) is -0.0504. The van der Waals surface area contributed by atoms with Crippen LogP contribution in [0.4, 0.5) is 30.6 Å². The normalized spacial score (nSPS) is 12.0. The van der Waals surface area contributed by atoms with Crippen molar-refractivity contribution >= 4 is 29.6 Å². The van der Waals surface area contributed by atoms with Crippen LogP contribution >= 0.6 is 0 Å². The van der Waals surface area contributed by atoms with Crippen molar-refractivity contribution in [1.82, 2.24) is 9.97 Å². The van der Waals surface area contributed by atoms with Crippen LogP contribution in [0.25, 0.3) is 0 Å². The van der Waals surface area contributed by atoms with Gasteiger partial charge in [0.15, 0.2) is 5.82 Å². The van der Waals surface area contributed by atoms with Crippen LogP contribution < -0.4 is 9.80 Å². The van der Waals surface area contributed by atoms with Gasteiger partial charge in [-0.2, -0.15) is 18.2 Å². The second-order valence-corrected chi connectivity index (χ2v) is 5.92. The van der Waals surface area contributed by atoms with E-state index in [1.165, 1.54) is 20.0 Å². The number of carbonyl (C=O) groups is 1. The Labute approximate surface area is 152 Å². The Kier molecular flexibility index (Phi) is 7.98. The fourth-order valence-corrected chi connectivity index (χ4v) is 2.32. The third-order valence-corrected chi connectivity index (χ3v) is 3.65. The lowest BCUT2D eigenvalue weighted by atomic mass is 10.2. The van der Waals surface area contributed by atoms with E-state index in [9.17, 15) is 18.0 Å². The second kappa shape index (κ2) is 9.49. The van der Waals surface area contributed by atoms with E-state index >= 15 is 0 Å². The molecule has 0 fully saturated rings. The number of aromatic nitrogens is 2. The van der Waals surface area contributed by atoms with Crippen molar-refractivity contribution in [3.05, 3.63) is 6.20 Å². The van der Waals surface area contributed by atoms with Crippen molar-refractivity contribution in [3.63, 3.8) is 0 Å². The molecular weight excluding hydrogens is 347 g/mol. The number of aliphatic imine (C=N–C) groups is 1. The highest BCUT2D eigenvalue weighted by Gasteiger charge is 2.44. The van der Waals surface area contributed by atoms with E-state index in [4.69, 9.17) is 0 Å². The molecule has 1 amide bonds. The number of anilines is 2. The van der Waals surface area contributed by atoms with Gasteiger partial charge in [-0.3, -0.25) is 9.69 Å². The predicted molar refractivity (Wildman–Crippen MR) is 97.3 cm³/mol. The van der Waals surface area contributed by atoms with E-state index in [0.717, 1.165) is 6.42 Å². The summed E-state index contributed by atoms with van der Waals surface area (Å²) < 4.78 is 39.1. The first-order chi connectivity index (χ1) is 12.2. The number of rotatable bonds is 8. The van der Waals surface area contributed by atoms with E-state index in [2.05, 4.69) is 15.0 Å². The molecule has 1 aromatic heterocycles. The molecule has 0 aliphatic heterocycles. The third-order valence-electron chi connectivity index (χ3n) is 3.65. The Hall–Kier alpha value is -2.19. The first-order valence-electron chi connectivity index (χ1n) is 8.72.